The third kappa shape index (κ3) is 2.81. The predicted molar refractivity (Wildman–Crippen MR) is 122 cm³/mol. The van der Waals surface area contributed by atoms with Crippen molar-refractivity contribution in [3.05, 3.63) is 73.4 Å². The molecule has 3 aromatic carbocycles. The lowest BCUT2D eigenvalue weighted by molar-refractivity contribution is 1.21. The number of anilines is 3. The Balaban J connectivity index is 1.63. The number of imidazole rings is 1. The van der Waals surface area contributed by atoms with Gasteiger partial charge in [-0.2, -0.15) is 0 Å². The Morgan fingerprint density at radius 1 is 0.839 bits per heavy atom. The lowest BCUT2D eigenvalue weighted by Crippen LogP contribution is -2.01. The van der Waals surface area contributed by atoms with Crippen LogP contribution in [-0.2, 0) is 0 Å². The van der Waals surface area contributed by atoms with Gasteiger partial charge in [0.25, 0.3) is 0 Å². The fourth-order valence-corrected chi connectivity index (χ4v) is 3.92. The van der Waals surface area contributed by atoms with E-state index in [0.29, 0.717) is 5.69 Å². The van der Waals surface area contributed by atoms with Gasteiger partial charge in [0.15, 0.2) is 0 Å². The SMILES string of the molecule is Nc1nc(-c2cccc3cncnc23)c2c(Nc3cccc4[nH]cnc34)cccc2n1. The normalized spacial score (nSPS) is 11.4. The maximum absolute atomic E-state index is 6.08. The minimum absolute atomic E-state index is 0.208. The van der Waals surface area contributed by atoms with E-state index in [1.807, 2.05) is 54.6 Å². The molecule has 0 saturated heterocycles. The molecule has 3 aromatic heterocycles. The van der Waals surface area contributed by atoms with E-state index in [0.717, 1.165) is 49.8 Å². The van der Waals surface area contributed by atoms with Gasteiger partial charge in [-0.05, 0) is 24.3 Å². The molecule has 0 aliphatic rings. The third-order valence-corrected chi connectivity index (χ3v) is 5.25. The summed E-state index contributed by atoms with van der Waals surface area (Å²) in [7, 11) is 0. The summed E-state index contributed by atoms with van der Waals surface area (Å²) in [6.45, 7) is 0. The number of hydrogen-bond donors (Lipinski definition) is 3. The zero-order chi connectivity index (χ0) is 20.8. The van der Waals surface area contributed by atoms with Gasteiger partial charge >= 0.3 is 0 Å². The first-order chi connectivity index (χ1) is 15.3. The highest BCUT2D eigenvalue weighted by atomic mass is 15.0. The molecule has 148 valence electrons. The number of rotatable bonds is 3. The molecule has 0 spiro atoms. The quantitative estimate of drug-likeness (QED) is 0.399. The molecule has 0 bridgehead atoms. The lowest BCUT2D eigenvalue weighted by Gasteiger charge is -2.14. The van der Waals surface area contributed by atoms with Crippen LogP contribution in [0, 0.1) is 0 Å². The molecule has 0 aliphatic heterocycles. The van der Waals surface area contributed by atoms with Crippen LogP contribution in [0.3, 0.4) is 0 Å². The third-order valence-electron chi connectivity index (χ3n) is 5.25. The van der Waals surface area contributed by atoms with Gasteiger partial charge in [0.05, 0.1) is 45.3 Å². The van der Waals surface area contributed by atoms with Crippen molar-refractivity contribution in [2.24, 2.45) is 0 Å². The van der Waals surface area contributed by atoms with Crippen molar-refractivity contribution in [2.75, 3.05) is 11.1 Å². The van der Waals surface area contributed by atoms with Crippen LogP contribution >= 0.6 is 0 Å². The topological polar surface area (TPSA) is 118 Å². The minimum atomic E-state index is 0.208. The summed E-state index contributed by atoms with van der Waals surface area (Å²) >= 11 is 0. The van der Waals surface area contributed by atoms with Crippen LogP contribution < -0.4 is 11.1 Å². The fourth-order valence-electron chi connectivity index (χ4n) is 3.92. The van der Waals surface area contributed by atoms with Gasteiger partial charge < -0.3 is 16.0 Å². The average Bonchev–Trinajstić information content (AvgIpc) is 3.28. The molecule has 31 heavy (non-hydrogen) atoms. The Bertz CT molecular complexity index is 1580. The van der Waals surface area contributed by atoms with E-state index in [9.17, 15) is 0 Å². The van der Waals surface area contributed by atoms with Crippen molar-refractivity contribution >= 4 is 50.2 Å². The van der Waals surface area contributed by atoms with E-state index >= 15 is 0 Å². The van der Waals surface area contributed by atoms with E-state index in [-0.39, 0.29) is 5.95 Å². The Morgan fingerprint density at radius 3 is 2.68 bits per heavy atom. The average molecular weight is 404 g/mol. The van der Waals surface area contributed by atoms with E-state index in [1.165, 1.54) is 6.33 Å². The van der Waals surface area contributed by atoms with Crippen LogP contribution in [-0.4, -0.2) is 29.9 Å². The van der Waals surface area contributed by atoms with E-state index in [1.54, 1.807) is 12.5 Å². The van der Waals surface area contributed by atoms with E-state index in [4.69, 9.17) is 5.73 Å². The highest BCUT2D eigenvalue weighted by molar-refractivity contribution is 6.08. The molecule has 4 N–H and O–H groups in total. The van der Waals surface area contributed by atoms with Crippen molar-refractivity contribution < 1.29 is 0 Å². The van der Waals surface area contributed by atoms with E-state index in [2.05, 4.69) is 35.2 Å². The zero-order valence-electron chi connectivity index (χ0n) is 16.2. The number of aromatic amines is 1. The maximum Gasteiger partial charge on any atom is 0.221 e. The number of nitrogens with two attached hydrogens (primary N) is 1. The first-order valence-corrected chi connectivity index (χ1v) is 9.72. The van der Waals surface area contributed by atoms with E-state index < -0.39 is 0 Å². The predicted octanol–water partition coefficient (Wildman–Crippen LogP) is 4.44. The molecule has 3 heterocycles. The highest BCUT2D eigenvalue weighted by Gasteiger charge is 2.16. The molecule has 8 heteroatoms. The van der Waals surface area contributed by atoms with Gasteiger partial charge in [-0.15, -0.1) is 0 Å². The highest BCUT2D eigenvalue weighted by Crippen LogP contribution is 2.37. The Hall–Kier alpha value is -4.59. The number of benzene rings is 3. The van der Waals surface area contributed by atoms with Crippen LogP contribution in [0.15, 0.2) is 73.4 Å². The smallest absolute Gasteiger partial charge is 0.221 e. The number of nitrogens with zero attached hydrogens (tertiary/aromatic N) is 5. The summed E-state index contributed by atoms with van der Waals surface area (Å²) in [4.78, 5) is 25.3. The number of nitrogens with one attached hydrogen (secondary N) is 2. The van der Waals surface area contributed by atoms with Crippen molar-refractivity contribution in [3.8, 4) is 11.3 Å². The number of H-pyrrole nitrogens is 1. The Labute approximate surface area is 176 Å². The first-order valence-electron chi connectivity index (χ1n) is 9.72. The summed E-state index contributed by atoms with van der Waals surface area (Å²) in [6.07, 6.45) is 5.01. The molecular weight excluding hydrogens is 388 g/mol. The number of aromatic nitrogens is 6. The standard InChI is InChI=1S/C23H16N8/c24-23-30-16-7-2-6-15(29-18-9-3-8-17-22(18)28-12-26-17)19(16)21(31-23)14-5-1-4-13-10-25-11-27-20(13)14/h1-12,29H,(H,26,28)(H2,24,30,31). The number of fused-ring (bicyclic) bond motifs is 3. The Morgan fingerprint density at radius 2 is 1.71 bits per heavy atom. The van der Waals surface area contributed by atoms with Crippen LogP contribution in [0.4, 0.5) is 17.3 Å². The summed E-state index contributed by atoms with van der Waals surface area (Å²) < 4.78 is 0. The first kappa shape index (κ1) is 17.3. The second kappa shape index (κ2) is 6.74. The summed E-state index contributed by atoms with van der Waals surface area (Å²) in [5.41, 5.74) is 12.8. The van der Waals surface area contributed by atoms with Crippen LogP contribution in [0.5, 0.6) is 0 Å². The van der Waals surface area contributed by atoms with Crippen LogP contribution in [0.2, 0.25) is 0 Å². The Kier molecular flexibility index (Phi) is 3.76. The van der Waals surface area contributed by atoms with Gasteiger partial charge in [0, 0.05) is 17.1 Å². The number of nitrogen functional groups attached to an aromatic ring is 1. The minimum Gasteiger partial charge on any atom is -0.368 e. The molecule has 0 atom stereocenters. The van der Waals surface area contributed by atoms with Gasteiger partial charge in [0.1, 0.15) is 11.8 Å². The molecule has 0 saturated carbocycles. The maximum atomic E-state index is 6.08. The monoisotopic (exact) mass is 404 g/mol. The summed E-state index contributed by atoms with van der Waals surface area (Å²) in [6, 6.07) is 17.7. The largest absolute Gasteiger partial charge is 0.368 e. The molecule has 0 amide bonds. The second-order valence-corrected chi connectivity index (χ2v) is 7.13. The van der Waals surface area contributed by atoms with Crippen molar-refractivity contribution in [1.29, 1.82) is 0 Å². The molecule has 0 fully saturated rings. The van der Waals surface area contributed by atoms with Crippen molar-refractivity contribution in [3.63, 3.8) is 0 Å². The van der Waals surface area contributed by atoms with Gasteiger partial charge in [-0.25, -0.2) is 24.9 Å². The zero-order valence-corrected chi connectivity index (χ0v) is 16.2. The van der Waals surface area contributed by atoms with Gasteiger partial charge in [0.2, 0.25) is 5.95 Å². The molecule has 0 radical (unpaired) electrons. The van der Waals surface area contributed by atoms with Gasteiger partial charge in [-0.1, -0.05) is 30.3 Å². The lowest BCUT2D eigenvalue weighted by atomic mass is 10.0. The van der Waals surface area contributed by atoms with Crippen LogP contribution in [0.25, 0.3) is 44.1 Å². The second-order valence-electron chi connectivity index (χ2n) is 7.13. The molecule has 8 nitrogen and oxygen atoms in total. The molecule has 0 aliphatic carbocycles. The molecule has 6 aromatic rings. The summed E-state index contributed by atoms with van der Waals surface area (Å²) in [5, 5.41) is 5.30. The molecular formula is C23H16N8. The number of hydrogen-bond acceptors (Lipinski definition) is 7. The summed E-state index contributed by atoms with van der Waals surface area (Å²) in [5.74, 6) is 0.208. The van der Waals surface area contributed by atoms with Crippen molar-refractivity contribution in [2.45, 2.75) is 0 Å². The molecule has 6 rings (SSSR count). The molecule has 0 unspecified atom stereocenters. The number of para-hydroxylation sites is 2. The van der Waals surface area contributed by atoms with Gasteiger partial charge in [-0.3, -0.25) is 0 Å². The van der Waals surface area contributed by atoms with Crippen LogP contribution in [0.1, 0.15) is 0 Å². The van der Waals surface area contributed by atoms with Crippen molar-refractivity contribution in [1.82, 2.24) is 29.9 Å². The fraction of sp³-hybridized carbons (Fsp3) is 0.